The largest absolute Gasteiger partial charge is 0.347 e. The highest BCUT2D eigenvalue weighted by atomic mass is 19.1. The number of carbonyl (C=O) groups excluding carboxylic acids is 1. The monoisotopic (exact) mass is 336 g/mol. The van der Waals surface area contributed by atoms with Gasteiger partial charge in [-0.3, -0.25) is 4.79 Å². The van der Waals surface area contributed by atoms with Crippen molar-refractivity contribution in [1.29, 1.82) is 0 Å². The molecule has 2 aromatic carbocycles. The number of halogens is 1. The molecule has 0 aliphatic carbocycles. The van der Waals surface area contributed by atoms with Crippen LogP contribution in [0.5, 0.6) is 0 Å². The van der Waals surface area contributed by atoms with Crippen molar-refractivity contribution in [3.8, 4) is 0 Å². The molecule has 5 nitrogen and oxygen atoms in total. The van der Waals surface area contributed by atoms with Crippen LogP contribution in [0.1, 0.15) is 21.6 Å². The van der Waals surface area contributed by atoms with Crippen LogP contribution in [0.3, 0.4) is 0 Å². The second-order valence-corrected chi connectivity index (χ2v) is 5.60. The summed E-state index contributed by atoms with van der Waals surface area (Å²) in [6, 6.07) is 15.4. The lowest BCUT2D eigenvalue weighted by atomic mass is 10.1. The second kappa shape index (κ2) is 7.53. The van der Waals surface area contributed by atoms with E-state index in [-0.39, 0.29) is 17.4 Å². The SMILES string of the molecule is Cc1cccc(CNC(=O)c2cc(Nc3cccc(F)c3)ncn2)c1. The number of nitrogens with zero attached hydrogens (tertiary/aromatic N) is 2. The second-order valence-electron chi connectivity index (χ2n) is 5.60. The molecule has 1 aromatic heterocycles. The number of amides is 1. The summed E-state index contributed by atoms with van der Waals surface area (Å²) in [7, 11) is 0. The summed E-state index contributed by atoms with van der Waals surface area (Å²) in [5.74, 6) is -0.234. The molecule has 0 saturated carbocycles. The lowest BCUT2D eigenvalue weighted by molar-refractivity contribution is 0.0946. The number of hydrogen-bond acceptors (Lipinski definition) is 4. The first kappa shape index (κ1) is 16.6. The van der Waals surface area contributed by atoms with E-state index in [9.17, 15) is 9.18 Å². The molecular weight excluding hydrogens is 319 g/mol. The van der Waals surface area contributed by atoms with Gasteiger partial charge in [-0.25, -0.2) is 14.4 Å². The standard InChI is InChI=1S/C19H17FN4O/c1-13-4-2-5-14(8-13)11-21-19(25)17-10-18(23-12-22-17)24-16-7-3-6-15(20)9-16/h2-10,12H,11H2,1H3,(H,21,25)(H,22,23,24). The van der Waals surface area contributed by atoms with Gasteiger partial charge in [0.15, 0.2) is 0 Å². The summed E-state index contributed by atoms with van der Waals surface area (Å²) in [4.78, 5) is 20.3. The molecule has 3 aromatic rings. The minimum Gasteiger partial charge on any atom is -0.347 e. The highest BCUT2D eigenvalue weighted by Crippen LogP contribution is 2.15. The Kier molecular flexibility index (Phi) is 4.99. The molecule has 25 heavy (non-hydrogen) atoms. The molecule has 0 bridgehead atoms. The molecule has 0 atom stereocenters. The summed E-state index contributed by atoms with van der Waals surface area (Å²) in [6.45, 7) is 2.41. The van der Waals surface area contributed by atoms with E-state index < -0.39 is 0 Å². The molecule has 3 rings (SSSR count). The maximum atomic E-state index is 13.2. The lowest BCUT2D eigenvalue weighted by Gasteiger charge is -2.08. The number of aromatic nitrogens is 2. The van der Waals surface area contributed by atoms with E-state index in [1.54, 1.807) is 12.1 Å². The van der Waals surface area contributed by atoms with Crippen LogP contribution in [0.2, 0.25) is 0 Å². The predicted molar refractivity (Wildman–Crippen MR) is 94.1 cm³/mol. The molecule has 0 unspecified atom stereocenters. The Hall–Kier alpha value is -3.28. The van der Waals surface area contributed by atoms with E-state index in [1.807, 2.05) is 31.2 Å². The molecule has 0 aliphatic rings. The molecular formula is C19H17FN4O. The normalized spacial score (nSPS) is 10.3. The minimum absolute atomic E-state index is 0.238. The summed E-state index contributed by atoms with van der Waals surface area (Å²) < 4.78 is 13.2. The van der Waals surface area contributed by atoms with Gasteiger partial charge in [-0.05, 0) is 30.7 Å². The van der Waals surface area contributed by atoms with Crippen molar-refractivity contribution in [1.82, 2.24) is 15.3 Å². The van der Waals surface area contributed by atoms with Gasteiger partial charge in [0.05, 0.1) is 0 Å². The smallest absolute Gasteiger partial charge is 0.270 e. The molecule has 0 spiro atoms. The Morgan fingerprint density at radius 1 is 1.08 bits per heavy atom. The first-order chi connectivity index (χ1) is 12.1. The molecule has 1 heterocycles. The van der Waals surface area contributed by atoms with Crippen LogP contribution in [-0.4, -0.2) is 15.9 Å². The molecule has 6 heteroatoms. The minimum atomic E-state index is -0.352. The van der Waals surface area contributed by atoms with Crippen molar-refractivity contribution >= 4 is 17.4 Å². The molecule has 0 saturated heterocycles. The third kappa shape index (κ3) is 4.60. The van der Waals surface area contributed by atoms with Crippen LogP contribution in [-0.2, 0) is 6.54 Å². The van der Waals surface area contributed by atoms with Crippen molar-refractivity contribution in [2.75, 3.05) is 5.32 Å². The number of nitrogens with one attached hydrogen (secondary N) is 2. The van der Waals surface area contributed by atoms with Crippen molar-refractivity contribution in [2.45, 2.75) is 13.5 Å². The molecule has 2 N–H and O–H groups in total. The summed E-state index contributed by atoms with van der Waals surface area (Å²) in [6.07, 6.45) is 1.29. The number of anilines is 2. The van der Waals surface area contributed by atoms with Gasteiger partial charge in [0, 0.05) is 18.3 Å². The van der Waals surface area contributed by atoms with Crippen molar-refractivity contribution in [2.24, 2.45) is 0 Å². The fraction of sp³-hybridized carbons (Fsp3) is 0.105. The first-order valence-corrected chi connectivity index (χ1v) is 7.78. The van der Waals surface area contributed by atoms with E-state index in [4.69, 9.17) is 0 Å². The summed E-state index contributed by atoms with van der Waals surface area (Å²) >= 11 is 0. The highest BCUT2D eigenvalue weighted by Gasteiger charge is 2.09. The molecule has 0 fully saturated rings. The summed E-state index contributed by atoms with van der Waals surface area (Å²) in [5, 5.41) is 5.78. The zero-order chi connectivity index (χ0) is 17.6. The van der Waals surface area contributed by atoms with Crippen LogP contribution >= 0.6 is 0 Å². The van der Waals surface area contributed by atoms with E-state index in [0.717, 1.165) is 11.1 Å². The first-order valence-electron chi connectivity index (χ1n) is 7.78. The van der Waals surface area contributed by atoms with Gasteiger partial charge in [-0.1, -0.05) is 35.9 Å². The highest BCUT2D eigenvalue weighted by molar-refractivity contribution is 5.92. The van der Waals surface area contributed by atoms with Crippen LogP contribution in [0.25, 0.3) is 0 Å². The summed E-state index contributed by atoms with van der Waals surface area (Å²) in [5.41, 5.74) is 2.93. The molecule has 0 radical (unpaired) electrons. The number of hydrogen-bond donors (Lipinski definition) is 2. The third-order valence-corrected chi connectivity index (χ3v) is 3.53. The van der Waals surface area contributed by atoms with Crippen LogP contribution in [0, 0.1) is 12.7 Å². The fourth-order valence-corrected chi connectivity index (χ4v) is 2.36. The maximum Gasteiger partial charge on any atom is 0.270 e. The molecule has 1 amide bonds. The fourth-order valence-electron chi connectivity index (χ4n) is 2.36. The Bertz CT molecular complexity index is 898. The maximum absolute atomic E-state index is 13.2. The van der Waals surface area contributed by atoms with Crippen molar-refractivity contribution in [3.63, 3.8) is 0 Å². The molecule has 126 valence electrons. The molecule has 0 aliphatic heterocycles. The average Bonchev–Trinajstić information content (AvgIpc) is 2.60. The van der Waals surface area contributed by atoms with Gasteiger partial charge in [0.2, 0.25) is 0 Å². The van der Waals surface area contributed by atoms with Crippen LogP contribution < -0.4 is 10.6 Å². The van der Waals surface area contributed by atoms with Crippen molar-refractivity contribution < 1.29 is 9.18 Å². The van der Waals surface area contributed by atoms with Gasteiger partial charge < -0.3 is 10.6 Å². The van der Waals surface area contributed by atoms with Crippen LogP contribution in [0.4, 0.5) is 15.9 Å². The zero-order valence-corrected chi connectivity index (χ0v) is 13.7. The average molecular weight is 336 g/mol. The Balaban J connectivity index is 1.67. The quantitative estimate of drug-likeness (QED) is 0.747. The Labute approximate surface area is 145 Å². The van der Waals surface area contributed by atoms with E-state index in [0.29, 0.717) is 18.1 Å². The van der Waals surface area contributed by atoms with E-state index in [1.165, 1.54) is 24.5 Å². The number of aryl methyl sites for hydroxylation is 1. The Morgan fingerprint density at radius 3 is 2.72 bits per heavy atom. The number of carbonyl (C=O) groups is 1. The predicted octanol–water partition coefficient (Wildman–Crippen LogP) is 3.60. The van der Waals surface area contributed by atoms with Gasteiger partial charge in [0.25, 0.3) is 5.91 Å². The number of rotatable bonds is 5. The van der Waals surface area contributed by atoms with E-state index in [2.05, 4.69) is 20.6 Å². The zero-order valence-electron chi connectivity index (χ0n) is 13.7. The van der Waals surface area contributed by atoms with Crippen molar-refractivity contribution in [3.05, 3.63) is 83.6 Å². The van der Waals surface area contributed by atoms with Crippen LogP contribution in [0.15, 0.2) is 60.9 Å². The lowest BCUT2D eigenvalue weighted by Crippen LogP contribution is -2.24. The number of benzene rings is 2. The van der Waals surface area contributed by atoms with Gasteiger partial charge in [-0.2, -0.15) is 0 Å². The third-order valence-electron chi connectivity index (χ3n) is 3.53. The van der Waals surface area contributed by atoms with Gasteiger partial charge >= 0.3 is 0 Å². The van der Waals surface area contributed by atoms with Gasteiger partial charge in [-0.15, -0.1) is 0 Å². The Morgan fingerprint density at radius 2 is 1.92 bits per heavy atom. The topological polar surface area (TPSA) is 66.9 Å². The van der Waals surface area contributed by atoms with E-state index >= 15 is 0 Å². The van der Waals surface area contributed by atoms with Gasteiger partial charge in [0.1, 0.15) is 23.7 Å².